The van der Waals surface area contributed by atoms with Crippen molar-refractivity contribution in [1.82, 2.24) is 0 Å². The molecule has 4 rings (SSSR count). The van der Waals surface area contributed by atoms with Crippen LogP contribution in [-0.4, -0.2) is 37.3 Å². The smallest absolute Gasteiger partial charge is 0.210 e. The standard InChI is InChI=1S/C27H28FN3O4/c28-27-24(30-31-29)26(34-18-22-14-8-3-9-15-22)25(33-17-21-12-6-2-7-13-21)23(35-27)19-32-16-20-10-4-1-5-11-20/h1-15,23-27H,16-19H2. The molecule has 182 valence electrons. The third-order valence-electron chi connectivity index (χ3n) is 5.75. The number of azide groups is 1. The molecule has 7 nitrogen and oxygen atoms in total. The zero-order valence-electron chi connectivity index (χ0n) is 19.2. The normalized spacial score (nSPS) is 24.0. The molecule has 1 fully saturated rings. The third-order valence-corrected chi connectivity index (χ3v) is 5.75. The topological polar surface area (TPSA) is 85.7 Å². The molecule has 3 aromatic carbocycles. The number of benzene rings is 3. The van der Waals surface area contributed by atoms with Gasteiger partial charge < -0.3 is 18.9 Å². The highest BCUT2D eigenvalue weighted by atomic mass is 19.1. The highest BCUT2D eigenvalue weighted by Gasteiger charge is 2.47. The van der Waals surface area contributed by atoms with E-state index in [1.807, 2.05) is 91.0 Å². The lowest BCUT2D eigenvalue weighted by molar-refractivity contribution is -0.253. The summed E-state index contributed by atoms with van der Waals surface area (Å²) in [6, 6.07) is 27.6. The molecule has 1 aliphatic heterocycles. The van der Waals surface area contributed by atoms with E-state index in [2.05, 4.69) is 10.0 Å². The number of hydrogen-bond donors (Lipinski definition) is 0. The van der Waals surface area contributed by atoms with Gasteiger partial charge in [0.2, 0.25) is 6.36 Å². The second-order valence-corrected chi connectivity index (χ2v) is 8.24. The van der Waals surface area contributed by atoms with Crippen molar-refractivity contribution < 1.29 is 23.3 Å². The monoisotopic (exact) mass is 477 g/mol. The van der Waals surface area contributed by atoms with E-state index >= 15 is 4.39 Å². The maximum atomic E-state index is 15.1. The molecule has 0 radical (unpaired) electrons. The minimum atomic E-state index is -1.85. The first-order valence-corrected chi connectivity index (χ1v) is 11.5. The number of ether oxygens (including phenoxy) is 4. The van der Waals surface area contributed by atoms with E-state index < -0.39 is 30.7 Å². The van der Waals surface area contributed by atoms with Crippen molar-refractivity contribution in [2.75, 3.05) is 6.61 Å². The summed E-state index contributed by atoms with van der Waals surface area (Å²) in [6.07, 6.45) is -4.21. The summed E-state index contributed by atoms with van der Waals surface area (Å²) in [5, 5.41) is 3.66. The van der Waals surface area contributed by atoms with Gasteiger partial charge in [-0.3, -0.25) is 0 Å². The second kappa shape index (κ2) is 13.0. The van der Waals surface area contributed by atoms with Gasteiger partial charge in [0.15, 0.2) is 0 Å². The lowest BCUT2D eigenvalue weighted by atomic mass is 9.97. The summed E-state index contributed by atoms with van der Waals surface area (Å²) in [5.41, 5.74) is 11.9. The first kappa shape index (κ1) is 24.9. The van der Waals surface area contributed by atoms with Crippen LogP contribution in [0.1, 0.15) is 16.7 Å². The molecule has 1 saturated heterocycles. The van der Waals surface area contributed by atoms with Crippen molar-refractivity contribution in [3.05, 3.63) is 118 Å². The molecular formula is C27H28FN3O4. The van der Waals surface area contributed by atoms with Crippen LogP contribution in [0.4, 0.5) is 4.39 Å². The van der Waals surface area contributed by atoms with Crippen LogP contribution in [-0.2, 0) is 38.8 Å². The van der Waals surface area contributed by atoms with Crippen LogP contribution in [0.3, 0.4) is 0 Å². The molecule has 5 unspecified atom stereocenters. The molecule has 8 heteroatoms. The van der Waals surface area contributed by atoms with E-state index in [1.165, 1.54) is 0 Å². The molecule has 35 heavy (non-hydrogen) atoms. The third kappa shape index (κ3) is 7.11. The largest absolute Gasteiger partial charge is 0.374 e. The molecule has 0 saturated carbocycles. The predicted molar refractivity (Wildman–Crippen MR) is 129 cm³/mol. The summed E-state index contributed by atoms with van der Waals surface area (Å²) in [7, 11) is 0. The molecule has 0 bridgehead atoms. The van der Waals surface area contributed by atoms with Crippen LogP contribution < -0.4 is 0 Å². The summed E-state index contributed by atoms with van der Waals surface area (Å²) in [6.45, 7) is 0.898. The first-order valence-electron chi connectivity index (χ1n) is 11.5. The van der Waals surface area contributed by atoms with Crippen molar-refractivity contribution in [3.63, 3.8) is 0 Å². The van der Waals surface area contributed by atoms with Crippen LogP contribution >= 0.6 is 0 Å². The molecule has 0 aromatic heterocycles. The van der Waals surface area contributed by atoms with E-state index in [9.17, 15) is 0 Å². The lowest BCUT2D eigenvalue weighted by Gasteiger charge is -2.42. The van der Waals surface area contributed by atoms with Crippen LogP contribution in [0.15, 0.2) is 96.1 Å². The molecule has 0 spiro atoms. The Bertz CT molecular complexity index is 1070. The maximum Gasteiger partial charge on any atom is 0.210 e. The minimum Gasteiger partial charge on any atom is -0.374 e. The molecule has 0 N–H and O–H groups in total. The minimum absolute atomic E-state index is 0.0863. The molecular weight excluding hydrogens is 449 g/mol. The van der Waals surface area contributed by atoms with Crippen molar-refractivity contribution in [1.29, 1.82) is 0 Å². The second-order valence-electron chi connectivity index (χ2n) is 8.24. The Balaban J connectivity index is 1.52. The fourth-order valence-electron chi connectivity index (χ4n) is 3.99. The van der Waals surface area contributed by atoms with Crippen LogP contribution in [0.25, 0.3) is 10.4 Å². The summed E-state index contributed by atoms with van der Waals surface area (Å²) in [5.74, 6) is 0. The molecule has 0 aliphatic carbocycles. The Labute approximate surface area is 204 Å². The van der Waals surface area contributed by atoms with E-state index in [-0.39, 0.29) is 19.8 Å². The Kier molecular flexibility index (Phi) is 9.23. The van der Waals surface area contributed by atoms with Gasteiger partial charge in [0.1, 0.15) is 24.4 Å². The molecule has 5 atom stereocenters. The van der Waals surface area contributed by atoms with E-state index in [0.717, 1.165) is 16.7 Å². The fraction of sp³-hybridized carbons (Fsp3) is 0.333. The number of hydrogen-bond acceptors (Lipinski definition) is 5. The summed E-state index contributed by atoms with van der Waals surface area (Å²) < 4.78 is 38.9. The molecule has 3 aromatic rings. The van der Waals surface area contributed by atoms with Gasteiger partial charge in [-0.1, -0.05) is 96.1 Å². The highest BCUT2D eigenvalue weighted by molar-refractivity contribution is 5.15. The fourth-order valence-corrected chi connectivity index (χ4v) is 3.99. The summed E-state index contributed by atoms with van der Waals surface area (Å²) in [4.78, 5) is 2.83. The lowest BCUT2D eigenvalue weighted by Crippen LogP contribution is -2.58. The Morgan fingerprint density at radius 3 is 1.74 bits per heavy atom. The van der Waals surface area contributed by atoms with E-state index in [4.69, 9.17) is 24.5 Å². The van der Waals surface area contributed by atoms with E-state index in [0.29, 0.717) is 6.61 Å². The number of halogens is 1. The van der Waals surface area contributed by atoms with Crippen LogP contribution in [0, 0.1) is 0 Å². The van der Waals surface area contributed by atoms with Crippen LogP contribution in [0.5, 0.6) is 0 Å². The number of alkyl halides is 1. The predicted octanol–water partition coefficient (Wildman–Crippen LogP) is 5.75. The average Bonchev–Trinajstić information content (AvgIpc) is 2.90. The van der Waals surface area contributed by atoms with Gasteiger partial charge in [0.05, 0.1) is 26.4 Å². The zero-order valence-corrected chi connectivity index (χ0v) is 19.2. The Morgan fingerprint density at radius 1 is 0.743 bits per heavy atom. The molecule has 1 heterocycles. The highest BCUT2D eigenvalue weighted by Crippen LogP contribution is 2.31. The van der Waals surface area contributed by atoms with Gasteiger partial charge >= 0.3 is 0 Å². The molecule has 0 amide bonds. The van der Waals surface area contributed by atoms with Crippen LogP contribution in [0.2, 0.25) is 0 Å². The van der Waals surface area contributed by atoms with Gasteiger partial charge in [0.25, 0.3) is 0 Å². The zero-order chi connectivity index (χ0) is 24.3. The first-order chi connectivity index (χ1) is 17.2. The quantitative estimate of drug-likeness (QED) is 0.200. The average molecular weight is 478 g/mol. The van der Waals surface area contributed by atoms with Crippen molar-refractivity contribution in [3.8, 4) is 0 Å². The maximum absolute atomic E-state index is 15.1. The van der Waals surface area contributed by atoms with Gasteiger partial charge in [-0.25, -0.2) is 4.39 Å². The summed E-state index contributed by atoms with van der Waals surface area (Å²) >= 11 is 0. The van der Waals surface area contributed by atoms with Crippen molar-refractivity contribution in [2.45, 2.75) is 50.5 Å². The molecule has 1 aliphatic rings. The van der Waals surface area contributed by atoms with Crippen molar-refractivity contribution in [2.24, 2.45) is 5.11 Å². The number of nitrogens with zero attached hydrogens (tertiary/aromatic N) is 3. The van der Waals surface area contributed by atoms with Gasteiger partial charge in [-0.05, 0) is 22.2 Å². The SMILES string of the molecule is [N-]=[N+]=NC1C(F)OC(COCc2ccccc2)C(OCc2ccccc2)C1OCc1ccccc1. The van der Waals surface area contributed by atoms with Gasteiger partial charge in [-0.15, -0.1) is 0 Å². The van der Waals surface area contributed by atoms with E-state index in [1.54, 1.807) is 0 Å². The van der Waals surface area contributed by atoms with Crippen molar-refractivity contribution >= 4 is 0 Å². The number of rotatable bonds is 11. The van der Waals surface area contributed by atoms with Gasteiger partial charge in [-0.2, -0.15) is 0 Å². The Hall–Kier alpha value is -3.26. The van der Waals surface area contributed by atoms with Gasteiger partial charge in [0, 0.05) is 4.91 Å². The Morgan fingerprint density at radius 2 is 1.23 bits per heavy atom.